The van der Waals surface area contributed by atoms with E-state index in [9.17, 15) is 18.4 Å². The molecule has 1 amide bonds. The molecule has 1 aromatic heterocycles. The van der Waals surface area contributed by atoms with Gasteiger partial charge < -0.3 is 10.4 Å². The van der Waals surface area contributed by atoms with Crippen molar-refractivity contribution >= 4 is 11.9 Å². The Kier molecular flexibility index (Phi) is 2.74. The van der Waals surface area contributed by atoms with Gasteiger partial charge in [-0.05, 0) is 0 Å². The number of hydrogen-bond donors (Lipinski definition) is 2. The van der Waals surface area contributed by atoms with Crippen LogP contribution in [0.3, 0.4) is 0 Å². The number of nitrogens with zero attached hydrogens (tertiary/aromatic N) is 1. The maximum absolute atomic E-state index is 13.4. The van der Waals surface area contributed by atoms with Gasteiger partial charge in [0.05, 0.1) is 12.4 Å². The topological polar surface area (TPSA) is 79.3 Å². The standard InChI is InChI=1S/C10H8F2N2O3/c11-5-2-13-3-6(12)7(5)4-1-14-9(15)8(4)10(16)17/h2-4,8H,1H2,(H,14,15)(H,16,17)/t4-,8-/m1/s1. The van der Waals surface area contributed by atoms with Crippen molar-refractivity contribution in [1.82, 2.24) is 10.3 Å². The molecular weight excluding hydrogens is 234 g/mol. The fourth-order valence-electron chi connectivity index (χ4n) is 1.95. The van der Waals surface area contributed by atoms with Crippen molar-refractivity contribution in [1.29, 1.82) is 0 Å². The predicted octanol–water partition coefficient (Wildman–Crippen LogP) is 0.274. The third-order valence-electron chi connectivity index (χ3n) is 2.71. The second-order valence-electron chi connectivity index (χ2n) is 3.68. The third kappa shape index (κ3) is 1.83. The Morgan fingerprint density at radius 3 is 2.53 bits per heavy atom. The minimum absolute atomic E-state index is 0.104. The van der Waals surface area contributed by atoms with Crippen LogP contribution in [-0.4, -0.2) is 28.5 Å². The SMILES string of the molecule is O=C(O)[C@H]1C(=O)NC[C@@H]1c1c(F)cncc1F. The van der Waals surface area contributed by atoms with Crippen LogP contribution in [0.25, 0.3) is 0 Å². The van der Waals surface area contributed by atoms with Crippen molar-refractivity contribution in [3.05, 3.63) is 29.6 Å². The number of pyridine rings is 1. The fraction of sp³-hybridized carbons (Fsp3) is 0.300. The van der Waals surface area contributed by atoms with Crippen LogP contribution >= 0.6 is 0 Å². The zero-order valence-corrected chi connectivity index (χ0v) is 8.48. The smallest absolute Gasteiger partial charge is 0.316 e. The molecule has 2 rings (SSSR count). The zero-order valence-electron chi connectivity index (χ0n) is 8.48. The molecule has 1 fully saturated rings. The van der Waals surface area contributed by atoms with Gasteiger partial charge in [-0.1, -0.05) is 0 Å². The molecule has 0 spiro atoms. The lowest BCUT2D eigenvalue weighted by Gasteiger charge is -2.14. The summed E-state index contributed by atoms with van der Waals surface area (Å²) >= 11 is 0. The number of carbonyl (C=O) groups excluding carboxylic acids is 1. The molecule has 7 heteroatoms. The molecule has 1 aliphatic heterocycles. The molecule has 2 atom stereocenters. The molecular formula is C10H8F2N2O3. The van der Waals surface area contributed by atoms with Crippen LogP contribution in [0, 0.1) is 17.6 Å². The van der Waals surface area contributed by atoms with Crippen LogP contribution in [0.5, 0.6) is 0 Å². The Labute approximate surface area is 94.5 Å². The van der Waals surface area contributed by atoms with E-state index < -0.39 is 40.9 Å². The highest BCUT2D eigenvalue weighted by Crippen LogP contribution is 2.32. The average molecular weight is 242 g/mol. The van der Waals surface area contributed by atoms with Crippen LogP contribution in [0.4, 0.5) is 8.78 Å². The molecule has 0 aromatic carbocycles. The van der Waals surface area contributed by atoms with E-state index in [-0.39, 0.29) is 6.54 Å². The van der Waals surface area contributed by atoms with Gasteiger partial charge in [0.15, 0.2) is 0 Å². The Hall–Kier alpha value is -2.05. The summed E-state index contributed by atoms with van der Waals surface area (Å²) in [5, 5.41) is 11.2. The Morgan fingerprint density at radius 2 is 2.00 bits per heavy atom. The van der Waals surface area contributed by atoms with E-state index in [1.54, 1.807) is 0 Å². The number of aliphatic carboxylic acids is 1. The normalized spacial score (nSPS) is 23.5. The second-order valence-corrected chi connectivity index (χ2v) is 3.68. The highest BCUT2D eigenvalue weighted by atomic mass is 19.1. The Morgan fingerprint density at radius 1 is 1.41 bits per heavy atom. The van der Waals surface area contributed by atoms with Gasteiger partial charge in [-0.25, -0.2) is 8.78 Å². The second kappa shape index (κ2) is 4.08. The van der Waals surface area contributed by atoms with Crippen LogP contribution in [0.2, 0.25) is 0 Å². The number of nitrogens with one attached hydrogen (secondary N) is 1. The number of amides is 1. The number of carbonyl (C=O) groups is 2. The van der Waals surface area contributed by atoms with Crippen LogP contribution in [0.1, 0.15) is 11.5 Å². The summed E-state index contributed by atoms with van der Waals surface area (Å²) in [5.74, 6) is -6.56. The molecule has 5 nitrogen and oxygen atoms in total. The van der Waals surface area contributed by atoms with Crippen molar-refractivity contribution in [2.75, 3.05) is 6.54 Å². The molecule has 0 saturated carbocycles. The molecule has 0 bridgehead atoms. The van der Waals surface area contributed by atoms with E-state index in [2.05, 4.69) is 10.3 Å². The molecule has 2 heterocycles. The van der Waals surface area contributed by atoms with Crippen molar-refractivity contribution in [3.63, 3.8) is 0 Å². The first-order valence-corrected chi connectivity index (χ1v) is 4.81. The number of halogens is 2. The lowest BCUT2D eigenvalue weighted by molar-refractivity contribution is -0.145. The van der Waals surface area contributed by atoms with Gasteiger partial charge in [-0.2, -0.15) is 0 Å². The quantitative estimate of drug-likeness (QED) is 0.730. The molecule has 0 unspecified atom stereocenters. The number of carboxylic acids is 1. The van der Waals surface area contributed by atoms with E-state index in [1.165, 1.54) is 0 Å². The van der Waals surface area contributed by atoms with Gasteiger partial charge in [0.1, 0.15) is 17.6 Å². The summed E-state index contributed by atoms with van der Waals surface area (Å²) in [7, 11) is 0. The van der Waals surface area contributed by atoms with E-state index >= 15 is 0 Å². The van der Waals surface area contributed by atoms with Crippen molar-refractivity contribution in [2.24, 2.45) is 5.92 Å². The Balaban J connectivity index is 2.46. The molecule has 1 aromatic rings. The maximum Gasteiger partial charge on any atom is 0.316 e. The van der Waals surface area contributed by atoms with E-state index in [0.29, 0.717) is 0 Å². The summed E-state index contributed by atoms with van der Waals surface area (Å²) in [6, 6.07) is 0. The van der Waals surface area contributed by atoms with Crippen LogP contribution < -0.4 is 5.32 Å². The van der Waals surface area contributed by atoms with Gasteiger partial charge in [-0.15, -0.1) is 0 Å². The largest absolute Gasteiger partial charge is 0.481 e. The van der Waals surface area contributed by atoms with E-state index in [1.807, 2.05) is 0 Å². The first kappa shape index (κ1) is 11.4. The average Bonchev–Trinajstić information content (AvgIpc) is 2.60. The zero-order chi connectivity index (χ0) is 12.6. The minimum atomic E-state index is -1.47. The molecule has 2 N–H and O–H groups in total. The van der Waals surface area contributed by atoms with Gasteiger partial charge in [0, 0.05) is 18.0 Å². The van der Waals surface area contributed by atoms with Crippen molar-refractivity contribution in [3.8, 4) is 0 Å². The molecule has 1 saturated heterocycles. The molecule has 90 valence electrons. The summed E-state index contributed by atoms with van der Waals surface area (Å²) in [6.07, 6.45) is 1.58. The first-order valence-electron chi connectivity index (χ1n) is 4.81. The lowest BCUT2D eigenvalue weighted by Crippen LogP contribution is -2.27. The van der Waals surface area contributed by atoms with Crippen LogP contribution in [-0.2, 0) is 9.59 Å². The fourth-order valence-corrected chi connectivity index (χ4v) is 1.95. The summed E-state index contributed by atoms with van der Waals surface area (Å²) in [4.78, 5) is 25.5. The van der Waals surface area contributed by atoms with Gasteiger partial charge in [0.2, 0.25) is 5.91 Å². The van der Waals surface area contributed by atoms with Crippen molar-refractivity contribution in [2.45, 2.75) is 5.92 Å². The summed E-state index contributed by atoms with van der Waals surface area (Å²) in [6.45, 7) is -0.104. The van der Waals surface area contributed by atoms with Gasteiger partial charge in [-0.3, -0.25) is 14.6 Å². The van der Waals surface area contributed by atoms with Gasteiger partial charge >= 0.3 is 5.97 Å². The number of carboxylic acid groups (broad SMARTS) is 1. The van der Waals surface area contributed by atoms with E-state index in [0.717, 1.165) is 12.4 Å². The summed E-state index contributed by atoms with van der Waals surface area (Å²) < 4.78 is 26.9. The van der Waals surface area contributed by atoms with E-state index in [4.69, 9.17) is 5.11 Å². The monoisotopic (exact) mass is 242 g/mol. The number of aromatic nitrogens is 1. The lowest BCUT2D eigenvalue weighted by atomic mass is 9.88. The highest BCUT2D eigenvalue weighted by Gasteiger charge is 2.43. The number of hydrogen-bond acceptors (Lipinski definition) is 3. The predicted molar refractivity (Wildman–Crippen MR) is 51.0 cm³/mol. The maximum atomic E-state index is 13.4. The molecule has 0 radical (unpaired) electrons. The van der Waals surface area contributed by atoms with Crippen molar-refractivity contribution < 1.29 is 23.5 Å². The highest BCUT2D eigenvalue weighted by molar-refractivity contribution is 5.99. The summed E-state index contributed by atoms with van der Waals surface area (Å²) in [5.41, 5.74) is -0.411. The van der Waals surface area contributed by atoms with Crippen LogP contribution in [0.15, 0.2) is 12.4 Å². The minimum Gasteiger partial charge on any atom is -0.481 e. The molecule has 0 aliphatic carbocycles. The number of rotatable bonds is 2. The first-order chi connectivity index (χ1) is 8.02. The third-order valence-corrected chi connectivity index (χ3v) is 2.71. The molecule has 1 aliphatic rings. The molecule has 17 heavy (non-hydrogen) atoms. The van der Waals surface area contributed by atoms with Gasteiger partial charge in [0.25, 0.3) is 0 Å². The Bertz CT molecular complexity index is 472.